The summed E-state index contributed by atoms with van der Waals surface area (Å²) in [5.74, 6) is 0.0737. The predicted molar refractivity (Wildman–Crippen MR) is 83.4 cm³/mol. The molecule has 112 valence electrons. The first kappa shape index (κ1) is 15.7. The number of hydrogen-bond acceptors (Lipinski definition) is 4. The van der Waals surface area contributed by atoms with Crippen LogP contribution in [0.15, 0.2) is 30.3 Å². The Morgan fingerprint density at radius 3 is 2.62 bits per heavy atom. The maximum absolute atomic E-state index is 11.5. The average Bonchev–Trinajstić information content (AvgIpc) is 2.76. The van der Waals surface area contributed by atoms with E-state index in [1.165, 1.54) is 4.68 Å². The number of anilines is 2. The van der Waals surface area contributed by atoms with Crippen molar-refractivity contribution in [3.63, 3.8) is 0 Å². The molecule has 1 heterocycles. The molecule has 0 radical (unpaired) electrons. The molecule has 0 fully saturated rings. The fraction of sp³-hybridized carbons (Fsp3) is 0.286. The fourth-order valence-corrected chi connectivity index (χ4v) is 2.27. The largest absolute Gasteiger partial charge is 0.465 e. The van der Waals surface area contributed by atoms with Gasteiger partial charge in [-0.25, -0.2) is 4.68 Å². The molecule has 0 aliphatic heterocycles. The van der Waals surface area contributed by atoms with Gasteiger partial charge in [-0.1, -0.05) is 41.4 Å². The molecular weight excluding hydrogens is 313 g/mol. The Hall–Kier alpha value is -1.72. The van der Waals surface area contributed by atoms with Crippen LogP contribution in [0.5, 0.6) is 0 Å². The first-order valence-electron chi connectivity index (χ1n) is 6.40. The number of benzene rings is 1. The molecule has 0 amide bonds. The Morgan fingerprint density at radius 2 is 2.00 bits per heavy atom. The lowest BCUT2D eigenvalue weighted by Gasteiger charge is -2.16. The van der Waals surface area contributed by atoms with E-state index in [1.807, 2.05) is 37.4 Å². The summed E-state index contributed by atoms with van der Waals surface area (Å²) in [6.45, 7) is 1.97. The highest BCUT2D eigenvalue weighted by molar-refractivity contribution is 6.43. The molecule has 0 saturated carbocycles. The SMILES string of the molecule is CCOC(=O)Cn1nc(N(C)c2ccccc2)c(Cl)c1Cl. The van der Waals surface area contributed by atoms with Crippen molar-refractivity contribution in [1.29, 1.82) is 0 Å². The normalized spacial score (nSPS) is 10.5. The van der Waals surface area contributed by atoms with Crippen LogP contribution in [0, 0.1) is 0 Å². The number of aromatic nitrogens is 2. The molecule has 1 aromatic carbocycles. The van der Waals surface area contributed by atoms with Crippen molar-refractivity contribution in [3.05, 3.63) is 40.5 Å². The standard InChI is InChI=1S/C14H15Cl2N3O2/c1-3-21-11(20)9-19-13(16)12(15)14(17-19)18(2)10-7-5-4-6-8-10/h4-8H,3,9H2,1-2H3. The van der Waals surface area contributed by atoms with Gasteiger partial charge in [0, 0.05) is 12.7 Å². The Kier molecular flexibility index (Phi) is 5.09. The van der Waals surface area contributed by atoms with E-state index in [0.29, 0.717) is 17.4 Å². The second-order valence-corrected chi connectivity index (χ2v) is 5.02. The zero-order valence-corrected chi connectivity index (χ0v) is 13.2. The van der Waals surface area contributed by atoms with Gasteiger partial charge in [0.25, 0.3) is 0 Å². The lowest BCUT2D eigenvalue weighted by molar-refractivity contribution is -0.144. The maximum Gasteiger partial charge on any atom is 0.327 e. The van der Waals surface area contributed by atoms with Gasteiger partial charge in [-0.3, -0.25) is 4.79 Å². The Morgan fingerprint density at radius 1 is 1.33 bits per heavy atom. The molecule has 0 aliphatic carbocycles. The van der Waals surface area contributed by atoms with E-state index in [0.717, 1.165) is 5.69 Å². The minimum absolute atomic E-state index is 0.0744. The number of rotatable bonds is 5. The van der Waals surface area contributed by atoms with Gasteiger partial charge in [-0.15, -0.1) is 0 Å². The predicted octanol–water partition coefficient (Wildman–Crippen LogP) is 3.52. The van der Waals surface area contributed by atoms with Crippen LogP contribution in [0.2, 0.25) is 10.2 Å². The molecule has 0 aliphatic rings. The zero-order valence-electron chi connectivity index (χ0n) is 11.7. The Labute approximate surface area is 133 Å². The number of carbonyl (C=O) groups is 1. The summed E-state index contributed by atoms with van der Waals surface area (Å²) in [6, 6.07) is 9.60. The highest BCUT2D eigenvalue weighted by Crippen LogP contribution is 2.34. The second-order valence-electron chi connectivity index (χ2n) is 4.29. The fourth-order valence-electron chi connectivity index (χ4n) is 1.83. The third-order valence-corrected chi connectivity index (χ3v) is 3.69. The molecule has 0 saturated heterocycles. The number of nitrogens with zero attached hydrogens (tertiary/aromatic N) is 3. The number of para-hydroxylation sites is 1. The van der Waals surface area contributed by atoms with E-state index in [1.54, 1.807) is 11.8 Å². The van der Waals surface area contributed by atoms with E-state index in [-0.39, 0.29) is 11.7 Å². The van der Waals surface area contributed by atoms with Crippen LogP contribution in [-0.2, 0) is 16.1 Å². The van der Waals surface area contributed by atoms with Crippen molar-refractivity contribution < 1.29 is 9.53 Å². The quantitative estimate of drug-likeness (QED) is 0.788. The van der Waals surface area contributed by atoms with Crippen LogP contribution in [0.25, 0.3) is 0 Å². The Balaban J connectivity index is 2.27. The van der Waals surface area contributed by atoms with Gasteiger partial charge in [-0.05, 0) is 19.1 Å². The molecule has 21 heavy (non-hydrogen) atoms. The van der Waals surface area contributed by atoms with Gasteiger partial charge < -0.3 is 9.64 Å². The summed E-state index contributed by atoms with van der Waals surface area (Å²) in [5.41, 5.74) is 0.914. The monoisotopic (exact) mass is 327 g/mol. The molecular formula is C14H15Cl2N3O2. The van der Waals surface area contributed by atoms with Crippen molar-refractivity contribution in [2.75, 3.05) is 18.6 Å². The number of ether oxygens (including phenoxy) is 1. The molecule has 0 unspecified atom stereocenters. The average molecular weight is 328 g/mol. The molecule has 2 rings (SSSR count). The van der Waals surface area contributed by atoms with Gasteiger partial charge in [0.2, 0.25) is 0 Å². The molecule has 1 aromatic heterocycles. The van der Waals surface area contributed by atoms with Gasteiger partial charge in [0.05, 0.1) is 6.61 Å². The van der Waals surface area contributed by atoms with E-state index in [4.69, 9.17) is 27.9 Å². The summed E-state index contributed by atoms with van der Waals surface area (Å²) in [6.07, 6.45) is 0. The van der Waals surface area contributed by atoms with Crippen LogP contribution in [0.3, 0.4) is 0 Å². The first-order chi connectivity index (χ1) is 10.0. The number of esters is 1. The molecule has 7 heteroatoms. The van der Waals surface area contributed by atoms with Crippen LogP contribution in [-0.4, -0.2) is 29.4 Å². The van der Waals surface area contributed by atoms with Gasteiger partial charge in [0.1, 0.15) is 16.7 Å². The van der Waals surface area contributed by atoms with Crippen molar-refractivity contribution in [3.8, 4) is 0 Å². The topological polar surface area (TPSA) is 47.4 Å². The highest BCUT2D eigenvalue weighted by atomic mass is 35.5. The Bertz CT molecular complexity index is 629. The number of halogens is 2. The second kappa shape index (κ2) is 6.83. The smallest absolute Gasteiger partial charge is 0.327 e. The van der Waals surface area contributed by atoms with E-state index in [9.17, 15) is 4.79 Å². The van der Waals surface area contributed by atoms with E-state index >= 15 is 0 Å². The minimum atomic E-state index is -0.410. The van der Waals surface area contributed by atoms with E-state index < -0.39 is 5.97 Å². The molecule has 5 nitrogen and oxygen atoms in total. The molecule has 0 atom stereocenters. The summed E-state index contributed by atoms with van der Waals surface area (Å²) >= 11 is 12.3. The van der Waals surface area contributed by atoms with Crippen LogP contribution in [0.1, 0.15) is 6.92 Å². The molecule has 2 aromatic rings. The summed E-state index contributed by atoms with van der Waals surface area (Å²) in [5, 5.41) is 4.79. The third kappa shape index (κ3) is 3.49. The molecule has 0 N–H and O–H groups in total. The number of carbonyl (C=O) groups excluding carboxylic acids is 1. The maximum atomic E-state index is 11.5. The van der Waals surface area contributed by atoms with Crippen molar-refractivity contribution >= 4 is 40.7 Å². The summed E-state index contributed by atoms with van der Waals surface area (Å²) in [4.78, 5) is 13.3. The lowest BCUT2D eigenvalue weighted by Crippen LogP contribution is -2.16. The minimum Gasteiger partial charge on any atom is -0.465 e. The zero-order chi connectivity index (χ0) is 15.4. The van der Waals surface area contributed by atoms with Crippen molar-refractivity contribution in [1.82, 2.24) is 9.78 Å². The summed E-state index contributed by atoms with van der Waals surface area (Å²) < 4.78 is 6.21. The summed E-state index contributed by atoms with van der Waals surface area (Å²) in [7, 11) is 1.83. The van der Waals surface area contributed by atoms with Gasteiger partial charge in [0.15, 0.2) is 5.82 Å². The van der Waals surface area contributed by atoms with Crippen LogP contribution in [0.4, 0.5) is 11.5 Å². The first-order valence-corrected chi connectivity index (χ1v) is 7.16. The lowest BCUT2D eigenvalue weighted by atomic mass is 10.3. The van der Waals surface area contributed by atoms with Crippen LogP contribution >= 0.6 is 23.2 Å². The van der Waals surface area contributed by atoms with E-state index in [2.05, 4.69) is 5.10 Å². The van der Waals surface area contributed by atoms with Crippen LogP contribution < -0.4 is 4.90 Å². The number of hydrogen-bond donors (Lipinski definition) is 0. The third-order valence-electron chi connectivity index (χ3n) is 2.86. The van der Waals surface area contributed by atoms with Crippen molar-refractivity contribution in [2.45, 2.75) is 13.5 Å². The highest BCUT2D eigenvalue weighted by Gasteiger charge is 2.20. The molecule has 0 spiro atoms. The van der Waals surface area contributed by atoms with Crippen molar-refractivity contribution in [2.24, 2.45) is 0 Å². The van der Waals surface area contributed by atoms with Gasteiger partial charge >= 0.3 is 5.97 Å². The molecule has 0 bridgehead atoms. The van der Waals surface area contributed by atoms with Gasteiger partial charge in [-0.2, -0.15) is 5.10 Å².